The average molecular weight is 276 g/mol. The minimum Gasteiger partial charge on any atom is -0.425 e. The third-order valence-corrected chi connectivity index (χ3v) is 4.05. The zero-order valence-electron chi connectivity index (χ0n) is 11.3. The van der Waals surface area contributed by atoms with Crippen molar-refractivity contribution < 1.29 is 13.6 Å². The van der Waals surface area contributed by atoms with E-state index in [2.05, 4.69) is 31.2 Å². The summed E-state index contributed by atoms with van der Waals surface area (Å²) in [5, 5.41) is 0. The number of hydrogen-bond donors (Lipinski definition) is 0. The quantitative estimate of drug-likeness (QED) is 0.771. The van der Waals surface area contributed by atoms with Crippen LogP contribution in [-0.4, -0.2) is 13.8 Å². The fraction of sp³-hybridized carbons (Fsp3) is 0.200. The van der Waals surface area contributed by atoms with E-state index in [-0.39, 0.29) is 0 Å². The van der Waals surface area contributed by atoms with E-state index in [1.807, 2.05) is 12.1 Å². The summed E-state index contributed by atoms with van der Waals surface area (Å²) in [6.07, 6.45) is 0. The lowest BCUT2D eigenvalue weighted by atomic mass is 10.0. The van der Waals surface area contributed by atoms with Gasteiger partial charge in [-0.2, -0.15) is 0 Å². The molecule has 0 aromatic heterocycles. The van der Waals surface area contributed by atoms with Gasteiger partial charge in [0, 0.05) is 13.8 Å². The van der Waals surface area contributed by atoms with Gasteiger partial charge in [-0.1, -0.05) is 42.0 Å². The van der Waals surface area contributed by atoms with E-state index in [1.54, 1.807) is 12.1 Å². The molecule has 0 saturated heterocycles. The standard InChI is InChI=1S/C15H17O3P/c1-12-4-6-13(7-5-12)14-8-10-15(11-9-14)18-19(3,16)17-2/h4-11H,1-3H3. The molecule has 1 unspecified atom stereocenters. The van der Waals surface area contributed by atoms with Gasteiger partial charge in [-0.15, -0.1) is 0 Å². The molecule has 2 rings (SSSR count). The lowest BCUT2D eigenvalue weighted by molar-refractivity contribution is 0.328. The Morgan fingerprint density at radius 3 is 1.84 bits per heavy atom. The lowest BCUT2D eigenvalue weighted by Gasteiger charge is -2.12. The van der Waals surface area contributed by atoms with Crippen molar-refractivity contribution >= 4 is 7.60 Å². The zero-order valence-corrected chi connectivity index (χ0v) is 12.2. The molecule has 0 aliphatic carbocycles. The first-order chi connectivity index (χ1) is 9.00. The molecule has 0 N–H and O–H groups in total. The molecule has 0 spiro atoms. The predicted octanol–water partition coefficient (Wildman–Crippen LogP) is 4.51. The lowest BCUT2D eigenvalue weighted by Crippen LogP contribution is -1.92. The molecular formula is C15H17O3P. The first kappa shape index (κ1) is 13.9. The van der Waals surface area contributed by atoms with Gasteiger partial charge in [0.15, 0.2) is 0 Å². The molecule has 0 amide bonds. The Morgan fingerprint density at radius 1 is 0.895 bits per heavy atom. The maximum atomic E-state index is 11.7. The van der Waals surface area contributed by atoms with Crippen LogP contribution in [0.15, 0.2) is 48.5 Å². The fourth-order valence-corrected chi connectivity index (χ4v) is 2.26. The van der Waals surface area contributed by atoms with Crippen LogP contribution >= 0.6 is 7.60 Å². The third-order valence-electron chi connectivity index (χ3n) is 2.84. The second kappa shape index (κ2) is 5.60. The van der Waals surface area contributed by atoms with Crippen molar-refractivity contribution in [2.24, 2.45) is 0 Å². The highest BCUT2D eigenvalue weighted by molar-refractivity contribution is 7.53. The Hall–Kier alpha value is -1.57. The monoisotopic (exact) mass is 276 g/mol. The summed E-state index contributed by atoms with van der Waals surface area (Å²) in [7, 11) is -1.61. The number of hydrogen-bond acceptors (Lipinski definition) is 3. The first-order valence-electron chi connectivity index (χ1n) is 6.00. The number of rotatable bonds is 4. The van der Waals surface area contributed by atoms with Gasteiger partial charge in [0.05, 0.1) is 0 Å². The molecule has 3 nitrogen and oxygen atoms in total. The van der Waals surface area contributed by atoms with Crippen molar-refractivity contribution in [3.05, 3.63) is 54.1 Å². The molecule has 4 heteroatoms. The highest BCUT2D eigenvalue weighted by Crippen LogP contribution is 2.43. The van der Waals surface area contributed by atoms with Crippen LogP contribution in [0.2, 0.25) is 0 Å². The van der Waals surface area contributed by atoms with E-state index >= 15 is 0 Å². The zero-order chi connectivity index (χ0) is 13.9. The normalized spacial score (nSPS) is 13.8. The smallest absolute Gasteiger partial charge is 0.375 e. The SMILES string of the molecule is COP(C)(=O)Oc1ccc(-c2ccc(C)cc2)cc1. The summed E-state index contributed by atoms with van der Waals surface area (Å²) < 4.78 is 21.8. The maximum Gasteiger partial charge on any atom is 0.375 e. The second-order valence-electron chi connectivity index (χ2n) is 4.44. The average Bonchev–Trinajstić information content (AvgIpc) is 2.40. The van der Waals surface area contributed by atoms with Crippen LogP contribution < -0.4 is 4.52 Å². The summed E-state index contributed by atoms with van der Waals surface area (Å²) in [6.45, 7) is 3.51. The minimum absolute atomic E-state index is 0.545. The minimum atomic E-state index is -2.99. The number of benzene rings is 2. The van der Waals surface area contributed by atoms with Gasteiger partial charge >= 0.3 is 7.60 Å². The van der Waals surface area contributed by atoms with Crippen LogP contribution in [0, 0.1) is 6.92 Å². The Kier molecular flexibility index (Phi) is 4.08. The first-order valence-corrected chi connectivity index (χ1v) is 7.99. The summed E-state index contributed by atoms with van der Waals surface area (Å²) in [5.74, 6) is 0.545. The summed E-state index contributed by atoms with van der Waals surface area (Å²) in [4.78, 5) is 0. The maximum absolute atomic E-state index is 11.7. The Labute approximate surface area is 113 Å². The molecule has 2 aromatic carbocycles. The Morgan fingerprint density at radius 2 is 1.37 bits per heavy atom. The van der Waals surface area contributed by atoms with Gasteiger partial charge < -0.3 is 9.05 Å². The van der Waals surface area contributed by atoms with Crippen LogP contribution in [0.5, 0.6) is 5.75 Å². The van der Waals surface area contributed by atoms with Crippen molar-refractivity contribution in [1.82, 2.24) is 0 Å². The van der Waals surface area contributed by atoms with Crippen molar-refractivity contribution in [2.45, 2.75) is 6.92 Å². The highest BCUT2D eigenvalue weighted by atomic mass is 31.2. The molecule has 0 bridgehead atoms. The Balaban J connectivity index is 2.19. The van der Waals surface area contributed by atoms with E-state index in [9.17, 15) is 4.57 Å². The molecule has 1 atom stereocenters. The summed E-state index contributed by atoms with van der Waals surface area (Å²) >= 11 is 0. The van der Waals surface area contributed by atoms with Crippen LogP contribution in [0.25, 0.3) is 11.1 Å². The van der Waals surface area contributed by atoms with Crippen molar-refractivity contribution in [1.29, 1.82) is 0 Å². The van der Waals surface area contributed by atoms with Crippen molar-refractivity contribution in [3.63, 3.8) is 0 Å². The van der Waals surface area contributed by atoms with Gasteiger partial charge in [0.1, 0.15) is 5.75 Å². The Bertz CT molecular complexity index is 588. The molecule has 100 valence electrons. The topological polar surface area (TPSA) is 35.5 Å². The van der Waals surface area contributed by atoms with E-state index < -0.39 is 7.60 Å². The predicted molar refractivity (Wildman–Crippen MR) is 77.8 cm³/mol. The fourth-order valence-electron chi connectivity index (χ4n) is 1.68. The van der Waals surface area contributed by atoms with E-state index in [4.69, 9.17) is 9.05 Å². The van der Waals surface area contributed by atoms with Crippen LogP contribution in [0.3, 0.4) is 0 Å². The van der Waals surface area contributed by atoms with Crippen LogP contribution in [0.4, 0.5) is 0 Å². The molecule has 0 aliphatic heterocycles. The van der Waals surface area contributed by atoms with Crippen LogP contribution in [0.1, 0.15) is 5.56 Å². The number of aryl methyl sites for hydroxylation is 1. The molecule has 0 heterocycles. The molecule has 0 aliphatic rings. The molecule has 0 saturated carbocycles. The van der Waals surface area contributed by atoms with Gasteiger partial charge in [0.2, 0.25) is 0 Å². The molecular weight excluding hydrogens is 259 g/mol. The largest absolute Gasteiger partial charge is 0.425 e. The van der Waals surface area contributed by atoms with Crippen molar-refractivity contribution in [2.75, 3.05) is 13.8 Å². The summed E-state index contributed by atoms with van der Waals surface area (Å²) in [5.41, 5.74) is 3.47. The molecule has 19 heavy (non-hydrogen) atoms. The van der Waals surface area contributed by atoms with Gasteiger partial charge in [-0.25, -0.2) is 4.57 Å². The molecule has 0 radical (unpaired) electrons. The molecule has 0 fully saturated rings. The van der Waals surface area contributed by atoms with E-state index in [0.717, 1.165) is 11.1 Å². The van der Waals surface area contributed by atoms with Crippen molar-refractivity contribution in [3.8, 4) is 16.9 Å². The summed E-state index contributed by atoms with van der Waals surface area (Å²) in [6, 6.07) is 15.8. The second-order valence-corrected chi connectivity index (χ2v) is 6.53. The van der Waals surface area contributed by atoms with Gasteiger partial charge in [-0.05, 0) is 30.2 Å². The van der Waals surface area contributed by atoms with Gasteiger partial charge in [-0.3, -0.25) is 0 Å². The van der Waals surface area contributed by atoms with Gasteiger partial charge in [0.25, 0.3) is 0 Å². The van der Waals surface area contributed by atoms with E-state index in [0.29, 0.717) is 5.75 Å². The molecule has 2 aromatic rings. The highest BCUT2D eigenvalue weighted by Gasteiger charge is 2.15. The van der Waals surface area contributed by atoms with E-state index in [1.165, 1.54) is 19.3 Å². The van der Waals surface area contributed by atoms with Crippen LogP contribution in [-0.2, 0) is 9.09 Å². The third kappa shape index (κ3) is 3.69.